The molecule has 6 nitrogen and oxygen atoms in total. The highest BCUT2D eigenvalue weighted by molar-refractivity contribution is 5.93. The first-order chi connectivity index (χ1) is 14.6. The predicted octanol–water partition coefficient (Wildman–Crippen LogP) is 4.41. The van der Waals surface area contributed by atoms with Crippen molar-refractivity contribution in [3.63, 3.8) is 0 Å². The fraction of sp³-hybridized carbons (Fsp3) is 0.261. The van der Waals surface area contributed by atoms with Crippen molar-refractivity contribution in [2.75, 3.05) is 5.32 Å². The molecule has 0 aliphatic heterocycles. The van der Waals surface area contributed by atoms with Crippen LogP contribution in [0.4, 0.5) is 10.1 Å². The Labute approximate surface area is 173 Å². The topological polar surface area (TPSA) is 84.2 Å². The third-order valence-corrected chi connectivity index (χ3v) is 5.42. The summed E-state index contributed by atoms with van der Waals surface area (Å²) in [5.74, 6) is -0.738. The van der Waals surface area contributed by atoms with E-state index in [1.807, 2.05) is 6.07 Å². The van der Waals surface area contributed by atoms with Crippen LogP contribution < -0.4 is 10.6 Å². The summed E-state index contributed by atoms with van der Waals surface area (Å²) in [5, 5.41) is 9.51. The number of halogens is 1. The molecule has 30 heavy (non-hydrogen) atoms. The first-order valence-corrected chi connectivity index (χ1v) is 9.97. The second-order valence-corrected chi connectivity index (χ2v) is 7.46. The lowest BCUT2D eigenvalue weighted by Crippen LogP contribution is -2.39. The number of aromatic nitrogens is 1. The van der Waals surface area contributed by atoms with Gasteiger partial charge in [-0.2, -0.15) is 0 Å². The van der Waals surface area contributed by atoms with E-state index in [4.69, 9.17) is 0 Å². The minimum Gasteiger partial charge on any atom is -0.364 e. The van der Waals surface area contributed by atoms with Gasteiger partial charge >= 0.3 is 0 Å². The van der Waals surface area contributed by atoms with Gasteiger partial charge in [0.25, 0.3) is 5.91 Å². The molecule has 154 valence electrons. The summed E-state index contributed by atoms with van der Waals surface area (Å²) in [4.78, 5) is 24.8. The van der Waals surface area contributed by atoms with Gasteiger partial charge in [-0.3, -0.25) is 9.59 Å². The van der Waals surface area contributed by atoms with E-state index < -0.39 is 0 Å². The molecular formula is C23H22FN3O3. The summed E-state index contributed by atoms with van der Waals surface area (Å²) in [6, 6.07) is 15.3. The summed E-state index contributed by atoms with van der Waals surface area (Å²) in [7, 11) is 0. The maximum Gasteiger partial charge on any atom is 0.273 e. The van der Waals surface area contributed by atoms with Crippen molar-refractivity contribution in [1.29, 1.82) is 0 Å². The third-order valence-electron chi connectivity index (χ3n) is 5.42. The molecule has 1 heterocycles. The van der Waals surface area contributed by atoms with Crippen LogP contribution in [0.15, 0.2) is 65.4 Å². The summed E-state index contributed by atoms with van der Waals surface area (Å²) in [5.41, 5.74) is 2.11. The lowest BCUT2D eigenvalue weighted by Gasteiger charge is -2.28. The van der Waals surface area contributed by atoms with E-state index in [2.05, 4.69) is 20.3 Å². The number of anilines is 1. The van der Waals surface area contributed by atoms with Gasteiger partial charge in [-0.25, -0.2) is 4.39 Å². The van der Waals surface area contributed by atoms with Crippen LogP contribution in [0.2, 0.25) is 0 Å². The lowest BCUT2D eigenvalue weighted by atomic mass is 9.85. The van der Waals surface area contributed by atoms with Crippen LogP contribution >= 0.6 is 0 Å². The number of rotatable bonds is 5. The second-order valence-electron chi connectivity index (χ2n) is 7.46. The van der Waals surface area contributed by atoms with E-state index in [0.717, 1.165) is 12.8 Å². The second kappa shape index (κ2) is 8.90. The number of hydrogen-bond acceptors (Lipinski definition) is 4. The summed E-state index contributed by atoms with van der Waals surface area (Å²) >= 11 is 0. The normalized spacial score (nSPS) is 18.6. The number of carbonyl (C=O) groups excluding carboxylic acids is 2. The van der Waals surface area contributed by atoms with Gasteiger partial charge in [-0.1, -0.05) is 35.5 Å². The van der Waals surface area contributed by atoms with Crippen molar-refractivity contribution in [3.8, 4) is 11.1 Å². The molecule has 7 heteroatoms. The Morgan fingerprint density at radius 1 is 1.00 bits per heavy atom. The maximum atomic E-state index is 14.1. The standard InChI is InChI=1S/C23H22FN3O3/c24-20-7-2-1-6-19(20)16-4-3-5-18(14-16)26-22(28)15-8-10-17(11-9-15)25-23(29)21-12-13-30-27-21/h1-7,12-15,17H,8-11H2,(H,25,29)(H,26,28)/t15-,17+. The van der Waals surface area contributed by atoms with E-state index in [-0.39, 0.29) is 35.3 Å². The molecule has 0 radical (unpaired) electrons. The molecule has 0 atom stereocenters. The molecule has 1 saturated carbocycles. The molecule has 4 rings (SSSR count). The molecule has 2 amide bonds. The number of amides is 2. The van der Waals surface area contributed by atoms with Crippen LogP contribution in [0, 0.1) is 11.7 Å². The van der Waals surface area contributed by atoms with Gasteiger partial charge in [0.1, 0.15) is 12.1 Å². The summed E-state index contributed by atoms with van der Waals surface area (Å²) < 4.78 is 18.7. The van der Waals surface area contributed by atoms with Gasteiger partial charge in [0.15, 0.2) is 5.69 Å². The molecule has 0 bridgehead atoms. The van der Waals surface area contributed by atoms with Crippen LogP contribution in [0.1, 0.15) is 36.2 Å². The Bertz CT molecular complexity index is 1030. The average Bonchev–Trinajstić information content (AvgIpc) is 3.30. The first-order valence-electron chi connectivity index (χ1n) is 9.97. The van der Waals surface area contributed by atoms with Crippen LogP contribution in [-0.4, -0.2) is 23.0 Å². The summed E-state index contributed by atoms with van der Waals surface area (Å²) in [6.07, 6.45) is 4.16. The van der Waals surface area contributed by atoms with Crippen molar-refractivity contribution in [3.05, 3.63) is 72.4 Å². The van der Waals surface area contributed by atoms with Gasteiger partial charge < -0.3 is 15.2 Å². The Balaban J connectivity index is 1.33. The number of nitrogens with one attached hydrogen (secondary N) is 2. The highest BCUT2D eigenvalue weighted by Gasteiger charge is 2.27. The zero-order valence-corrected chi connectivity index (χ0v) is 16.3. The smallest absolute Gasteiger partial charge is 0.273 e. The number of benzene rings is 2. The van der Waals surface area contributed by atoms with Crippen molar-refractivity contribution in [2.24, 2.45) is 5.92 Å². The van der Waals surface area contributed by atoms with E-state index in [1.54, 1.807) is 36.4 Å². The quantitative estimate of drug-likeness (QED) is 0.656. The molecule has 2 N–H and O–H groups in total. The van der Waals surface area contributed by atoms with E-state index in [0.29, 0.717) is 29.7 Å². The molecule has 1 aromatic heterocycles. The average molecular weight is 407 g/mol. The minimum absolute atomic E-state index is 0.0163. The highest BCUT2D eigenvalue weighted by atomic mass is 19.1. The molecule has 1 aliphatic carbocycles. The largest absolute Gasteiger partial charge is 0.364 e. The van der Waals surface area contributed by atoms with Crippen molar-refractivity contribution < 1.29 is 18.5 Å². The Hall–Kier alpha value is -3.48. The zero-order chi connectivity index (χ0) is 20.9. The molecule has 0 spiro atoms. The first kappa shape index (κ1) is 19.8. The van der Waals surface area contributed by atoms with Crippen molar-refractivity contribution in [1.82, 2.24) is 10.5 Å². The third kappa shape index (κ3) is 4.56. The van der Waals surface area contributed by atoms with Crippen LogP contribution in [0.5, 0.6) is 0 Å². The van der Waals surface area contributed by atoms with E-state index in [1.165, 1.54) is 18.4 Å². The van der Waals surface area contributed by atoms with Gasteiger partial charge in [0, 0.05) is 29.3 Å². The van der Waals surface area contributed by atoms with Gasteiger partial charge in [-0.15, -0.1) is 0 Å². The number of carbonyl (C=O) groups is 2. The number of hydrogen-bond donors (Lipinski definition) is 2. The predicted molar refractivity (Wildman–Crippen MR) is 110 cm³/mol. The highest BCUT2D eigenvalue weighted by Crippen LogP contribution is 2.28. The van der Waals surface area contributed by atoms with E-state index in [9.17, 15) is 14.0 Å². The minimum atomic E-state index is -0.299. The number of nitrogens with zero attached hydrogens (tertiary/aromatic N) is 1. The SMILES string of the molecule is O=C(N[C@H]1CC[C@@H](C(=O)Nc2cccc(-c3ccccc3F)c2)CC1)c1ccon1. The van der Waals surface area contributed by atoms with Crippen molar-refractivity contribution >= 4 is 17.5 Å². The molecule has 3 aromatic rings. The summed E-state index contributed by atoms with van der Waals surface area (Å²) in [6.45, 7) is 0. The van der Waals surface area contributed by atoms with E-state index >= 15 is 0 Å². The van der Waals surface area contributed by atoms with Gasteiger partial charge in [0.2, 0.25) is 5.91 Å². The van der Waals surface area contributed by atoms with Crippen molar-refractivity contribution in [2.45, 2.75) is 31.7 Å². The monoisotopic (exact) mass is 407 g/mol. The fourth-order valence-corrected chi connectivity index (χ4v) is 3.79. The fourth-order valence-electron chi connectivity index (χ4n) is 3.79. The molecule has 1 fully saturated rings. The van der Waals surface area contributed by atoms with Crippen LogP contribution in [0.3, 0.4) is 0 Å². The van der Waals surface area contributed by atoms with Gasteiger partial charge in [0.05, 0.1) is 0 Å². The van der Waals surface area contributed by atoms with Crippen LogP contribution in [-0.2, 0) is 4.79 Å². The molecule has 0 saturated heterocycles. The zero-order valence-electron chi connectivity index (χ0n) is 16.3. The van der Waals surface area contributed by atoms with Crippen LogP contribution in [0.25, 0.3) is 11.1 Å². The lowest BCUT2D eigenvalue weighted by molar-refractivity contribution is -0.120. The maximum absolute atomic E-state index is 14.1. The Morgan fingerprint density at radius 3 is 2.53 bits per heavy atom. The molecular weight excluding hydrogens is 385 g/mol. The molecule has 1 aliphatic rings. The van der Waals surface area contributed by atoms with Gasteiger partial charge in [-0.05, 0) is 49.4 Å². The Morgan fingerprint density at radius 2 is 1.80 bits per heavy atom. The Kier molecular flexibility index (Phi) is 5.88. The molecule has 0 unspecified atom stereocenters. The molecule has 2 aromatic carbocycles.